The summed E-state index contributed by atoms with van der Waals surface area (Å²) in [5.41, 5.74) is 4.60. The van der Waals surface area contributed by atoms with E-state index in [0.717, 1.165) is 43.9 Å². The second-order valence-electron chi connectivity index (χ2n) is 8.83. The van der Waals surface area contributed by atoms with Crippen LogP contribution < -0.4 is 4.74 Å². The van der Waals surface area contributed by atoms with Crippen LogP contribution in [0.15, 0.2) is 72.5 Å². The van der Waals surface area contributed by atoms with Gasteiger partial charge in [-0.3, -0.25) is 14.6 Å². The van der Waals surface area contributed by atoms with Crippen LogP contribution in [0.3, 0.4) is 0 Å². The molecule has 0 bridgehead atoms. The number of piperazine rings is 1. The fourth-order valence-corrected chi connectivity index (χ4v) is 4.43. The summed E-state index contributed by atoms with van der Waals surface area (Å²) in [6, 6.07) is 21.7. The van der Waals surface area contributed by atoms with Crippen LogP contribution in [-0.4, -0.2) is 46.9 Å². The van der Waals surface area contributed by atoms with Gasteiger partial charge in [0.25, 0.3) is 0 Å². The molecule has 5 rings (SSSR count). The van der Waals surface area contributed by atoms with E-state index < -0.39 is 0 Å². The number of fused-ring (bicyclic) bond motifs is 1. The van der Waals surface area contributed by atoms with E-state index >= 15 is 0 Å². The number of benzene rings is 3. The summed E-state index contributed by atoms with van der Waals surface area (Å²) in [6.45, 7) is 7.25. The van der Waals surface area contributed by atoms with Crippen LogP contribution in [0.2, 0.25) is 0 Å². The van der Waals surface area contributed by atoms with E-state index in [2.05, 4.69) is 34.1 Å². The molecule has 5 heteroatoms. The van der Waals surface area contributed by atoms with E-state index in [1.165, 1.54) is 5.56 Å². The van der Waals surface area contributed by atoms with Crippen LogP contribution in [0.5, 0.6) is 11.5 Å². The summed E-state index contributed by atoms with van der Waals surface area (Å²) in [7, 11) is 0. The van der Waals surface area contributed by atoms with E-state index in [-0.39, 0.29) is 11.5 Å². The maximum absolute atomic E-state index is 12.9. The van der Waals surface area contributed by atoms with Gasteiger partial charge in [0.15, 0.2) is 5.76 Å². The Morgan fingerprint density at radius 3 is 2.24 bits per heavy atom. The highest BCUT2D eigenvalue weighted by molar-refractivity contribution is 6.15. The third-order valence-electron chi connectivity index (χ3n) is 6.39. The van der Waals surface area contributed by atoms with Gasteiger partial charge in [0.2, 0.25) is 5.78 Å². The summed E-state index contributed by atoms with van der Waals surface area (Å²) in [4.78, 5) is 17.7. The maximum atomic E-state index is 12.9. The number of hydrogen-bond acceptors (Lipinski definition) is 5. The Balaban J connectivity index is 1.28. The Morgan fingerprint density at radius 2 is 1.55 bits per heavy atom. The molecule has 2 aliphatic rings. The Labute approximate surface area is 194 Å². The number of carbonyl (C=O) groups is 1. The number of phenols is 1. The lowest BCUT2D eigenvalue weighted by Gasteiger charge is -2.35. The zero-order valence-electron chi connectivity index (χ0n) is 18.8. The molecule has 0 aliphatic carbocycles. The van der Waals surface area contributed by atoms with Crippen molar-refractivity contribution in [3.63, 3.8) is 0 Å². The average Bonchev–Trinajstić information content (AvgIpc) is 3.14. The molecule has 33 heavy (non-hydrogen) atoms. The van der Waals surface area contributed by atoms with E-state index in [9.17, 15) is 9.90 Å². The van der Waals surface area contributed by atoms with Crippen molar-refractivity contribution in [2.24, 2.45) is 0 Å². The largest absolute Gasteiger partial charge is 0.507 e. The molecular formula is C28H28N2O3. The standard InChI is InChI=1S/C28H28N2O3/c1-20-7-9-21(10-8-20)17-26-27(32)23-11-12-25(31)24(28(23)33-26)19-30-15-13-29(14-16-30)18-22-5-3-2-4-6-22/h2-12,17,31H,13-16,18-19H2,1H3/b26-17-. The zero-order chi connectivity index (χ0) is 22.8. The lowest BCUT2D eigenvalue weighted by molar-refractivity contribution is 0.101. The van der Waals surface area contributed by atoms with Gasteiger partial charge in [-0.1, -0.05) is 60.2 Å². The van der Waals surface area contributed by atoms with Crippen LogP contribution >= 0.6 is 0 Å². The predicted octanol–water partition coefficient (Wildman–Crippen LogP) is 4.63. The normalized spacial score (nSPS) is 17.8. The van der Waals surface area contributed by atoms with E-state index in [1.807, 2.05) is 37.3 Å². The van der Waals surface area contributed by atoms with Gasteiger partial charge in [0, 0.05) is 39.3 Å². The summed E-state index contributed by atoms with van der Waals surface area (Å²) in [6.07, 6.45) is 1.77. The number of Topliss-reactive ketones (excluding diaryl/α,β-unsaturated/α-hetero) is 1. The maximum Gasteiger partial charge on any atom is 0.231 e. The first-order valence-corrected chi connectivity index (χ1v) is 11.4. The molecule has 0 unspecified atom stereocenters. The molecule has 0 amide bonds. The summed E-state index contributed by atoms with van der Waals surface area (Å²) in [5, 5.41) is 10.6. The molecule has 3 aromatic rings. The topological polar surface area (TPSA) is 53.0 Å². The van der Waals surface area contributed by atoms with Crippen molar-refractivity contribution in [1.82, 2.24) is 9.80 Å². The summed E-state index contributed by atoms with van der Waals surface area (Å²) in [5.74, 6) is 0.822. The van der Waals surface area contributed by atoms with E-state index in [4.69, 9.17) is 4.74 Å². The highest BCUT2D eigenvalue weighted by Crippen LogP contribution is 2.40. The molecule has 0 radical (unpaired) electrons. The Morgan fingerprint density at radius 1 is 0.879 bits per heavy atom. The molecule has 2 aliphatic heterocycles. The monoisotopic (exact) mass is 440 g/mol. The van der Waals surface area contributed by atoms with Crippen LogP contribution in [0, 0.1) is 6.92 Å². The molecule has 0 spiro atoms. The third kappa shape index (κ3) is 4.70. The summed E-state index contributed by atoms with van der Waals surface area (Å²) < 4.78 is 6.02. The Bertz CT molecular complexity index is 1180. The smallest absolute Gasteiger partial charge is 0.231 e. The third-order valence-corrected chi connectivity index (χ3v) is 6.39. The van der Waals surface area contributed by atoms with Gasteiger partial charge in [-0.15, -0.1) is 0 Å². The van der Waals surface area contributed by atoms with Crippen molar-refractivity contribution in [2.75, 3.05) is 26.2 Å². The minimum Gasteiger partial charge on any atom is -0.507 e. The Kier molecular flexibility index (Phi) is 5.99. The van der Waals surface area contributed by atoms with Gasteiger partial charge >= 0.3 is 0 Å². The van der Waals surface area contributed by atoms with Crippen LogP contribution in [0.1, 0.15) is 32.6 Å². The molecule has 3 aromatic carbocycles. The number of ketones is 1. The molecule has 0 aromatic heterocycles. The molecule has 1 fully saturated rings. The first-order chi connectivity index (χ1) is 16.1. The number of rotatable bonds is 5. The van der Waals surface area contributed by atoms with Crippen LogP contribution in [-0.2, 0) is 13.1 Å². The fourth-order valence-electron chi connectivity index (χ4n) is 4.43. The van der Waals surface area contributed by atoms with Gasteiger partial charge in [-0.05, 0) is 36.3 Å². The quantitative estimate of drug-likeness (QED) is 0.586. The highest BCUT2D eigenvalue weighted by Gasteiger charge is 2.32. The number of carbonyl (C=O) groups excluding carboxylic acids is 1. The number of phenolic OH excluding ortho intramolecular Hbond substituents is 1. The lowest BCUT2D eigenvalue weighted by atomic mass is 10.0. The number of ether oxygens (including phenoxy) is 1. The molecule has 1 saturated heterocycles. The predicted molar refractivity (Wildman–Crippen MR) is 129 cm³/mol. The van der Waals surface area contributed by atoms with E-state index in [1.54, 1.807) is 18.2 Å². The van der Waals surface area contributed by atoms with Crippen LogP contribution in [0.4, 0.5) is 0 Å². The van der Waals surface area contributed by atoms with Crippen molar-refractivity contribution >= 4 is 11.9 Å². The Hall–Kier alpha value is -3.41. The zero-order valence-corrected chi connectivity index (χ0v) is 18.8. The molecule has 2 heterocycles. The SMILES string of the molecule is Cc1ccc(/C=C2\Oc3c(ccc(O)c3CN3CCN(Cc4ccccc4)CC3)C2=O)cc1. The summed E-state index contributed by atoms with van der Waals surface area (Å²) >= 11 is 0. The van der Waals surface area contributed by atoms with Gasteiger partial charge in [0.1, 0.15) is 11.5 Å². The number of hydrogen-bond donors (Lipinski definition) is 1. The van der Waals surface area contributed by atoms with Crippen molar-refractivity contribution in [3.8, 4) is 11.5 Å². The molecule has 1 N–H and O–H groups in total. The second kappa shape index (κ2) is 9.22. The lowest BCUT2D eigenvalue weighted by Crippen LogP contribution is -2.45. The first-order valence-electron chi connectivity index (χ1n) is 11.4. The number of aryl methyl sites for hydroxylation is 1. The van der Waals surface area contributed by atoms with Gasteiger partial charge in [-0.25, -0.2) is 0 Å². The number of aromatic hydroxyl groups is 1. The van der Waals surface area contributed by atoms with Gasteiger partial charge in [0.05, 0.1) is 11.1 Å². The minimum atomic E-state index is -0.139. The van der Waals surface area contributed by atoms with Gasteiger partial charge in [-0.2, -0.15) is 0 Å². The second-order valence-corrected chi connectivity index (χ2v) is 8.83. The fraction of sp³-hybridized carbons (Fsp3) is 0.250. The molecule has 168 valence electrons. The van der Waals surface area contributed by atoms with Gasteiger partial charge < -0.3 is 9.84 Å². The number of nitrogens with zero attached hydrogens (tertiary/aromatic N) is 2. The van der Waals surface area contributed by atoms with Crippen LogP contribution in [0.25, 0.3) is 6.08 Å². The van der Waals surface area contributed by atoms with Crippen molar-refractivity contribution < 1.29 is 14.6 Å². The number of allylic oxidation sites excluding steroid dienone is 1. The molecule has 0 atom stereocenters. The van der Waals surface area contributed by atoms with Crippen molar-refractivity contribution in [2.45, 2.75) is 20.0 Å². The van der Waals surface area contributed by atoms with Crippen molar-refractivity contribution in [1.29, 1.82) is 0 Å². The molecular weight excluding hydrogens is 412 g/mol. The van der Waals surface area contributed by atoms with Crippen molar-refractivity contribution in [3.05, 3.63) is 100 Å². The first kappa shape index (κ1) is 21.4. The molecule has 5 nitrogen and oxygen atoms in total. The molecule has 0 saturated carbocycles. The highest BCUT2D eigenvalue weighted by atomic mass is 16.5. The minimum absolute atomic E-state index is 0.139. The average molecular weight is 441 g/mol. The van der Waals surface area contributed by atoms with E-state index in [0.29, 0.717) is 29.2 Å².